The van der Waals surface area contributed by atoms with Gasteiger partial charge >= 0.3 is 0 Å². The highest BCUT2D eigenvalue weighted by atomic mass is 19.2. The zero-order chi connectivity index (χ0) is 15.7. The fourth-order valence-corrected chi connectivity index (χ4v) is 1.78. The van der Waals surface area contributed by atoms with Gasteiger partial charge in [-0.3, -0.25) is 9.89 Å². The van der Waals surface area contributed by atoms with Crippen molar-refractivity contribution in [2.24, 2.45) is 0 Å². The standard InChI is InChI=1S/C13H13F3N4O/c1-5(2)11-10(17)12(20-19-11)13(21)18-7-4-3-6(14)8(15)9(7)16/h3-5H,17H2,1-2H3,(H,18,21)(H,19,20). The second-order valence-corrected chi connectivity index (χ2v) is 4.73. The summed E-state index contributed by atoms with van der Waals surface area (Å²) >= 11 is 0. The molecule has 21 heavy (non-hydrogen) atoms. The van der Waals surface area contributed by atoms with E-state index >= 15 is 0 Å². The third-order valence-corrected chi connectivity index (χ3v) is 2.91. The molecular formula is C13H13F3N4O. The lowest BCUT2D eigenvalue weighted by molar-refractivity contribution is 0.102. The van der Waals surface area contributed by atoms with E-state index in [0.29, 0.717) is 11.8 Å². The van der Waals surface area contributed by atoms with Crippen molar-refractivity contribution in [3.63, 3.8) is 0 Å². The molecule has 5 nitrogen and oxygen atoms in total. The number of aromatic amines is 1. The summed E-state index contributed by atoms with van der Waals surface area (Å²) in [6.07, 6.45) is 0. The Morgan fingerprint density at radius 2 is 1.95 bits per heavy atom. The lowest BCUT2D eigenvalue weighted by Gasteiger charge is -2.07. The first-order chi connectivity index (χ1) is 9.82. The van der Waals surface area contributed by atoms with Gasteiger partial charge in [0, 0.05) is 0 Å². The number of aromatic nitrogens is 2. The number of nitrogens with zero attached hydrogens (tertiary/aromatic N) is 1. The predicted molar refractivity (Wildman–Crippen MR) is 71.4 cm³/mol. The molecule has 1 aromatic heterocycles. The van der Waals surface area contributed by atoms with Crippen LogP contribution >= 0.6 is 0 Å². The Kier molecular flexibility index (Phi) is 3.88. The molecule has 1 amide bonds. The molecule has 0 spiro atoms. The number of benzene rings is 1. The molecular weight excluding hydrogens is 285 g/mol. The number of nitrogen functional groups attached to an aromatic ring is 1. The van der Waals surface area contributed by atoms with Crippen LogP contribution in [0.5, 0.6) is 0 Å². The molecule has 0 aliphatic rings. The molecule has 0 saturated heterocycles. The lowest BCUT2D eigenvalue weighted by atomic mass is 10.1. The molecule has 2 aromatic rings. The van der Waals surface area contributed by atoms with E-state index in [1.807, 2.05) is 13.8 Å². The number of rotatable bonds is 3. The van der Waals surface area contributed by atoms with Crippen molar-refractivity contribution in [1.29, 1.82) is 0 Å². The van der Waals surface area contributed by atoms with Gasteiger partial charge in [0.2, 0.25) is 0 Å². The van der Waals surface area contributed by atoms with Crippen LogP contribution in [0.3, 0.4) is 0 Å². The van der Waals surface area contributed by atoms with Crippen molar-refractivity contribution in [3.8, 4) is 0 Å². The van der Waals surface area contributed by atoms with Crippen LogP contribution in [0.25, 0.3) is 0 Å². The van der Waals surface area contributed by atoms with Crippen LogP contribution in [-0.2, 0) is 0 Å². The molecule has 0 saturated carbocycles. The minimum atomic E-state index is -1.66. The number of nitrogens with one attached hydrogen (secondary N) is 2. The Hall–Kier alpha value is -2.51. The maximum Gasteiger partial charge on any atom is 0.278 e. The van der Waals surface area contributed by atoms with E-state index in [1.54, 1.807) is 0 Å². The normalized spacial score (nSPS) is 11.0. The average Bonchev–Trinajstić information content (AvgIpc) is 2.81. The highest BCUT2D eigenvalue weighted by Crippen LogP contribution is 2.24. The van der Waals surface area contributed by atoms with Crippen molar-refractivity contribution in [3.05, 3.63) is 41.0 Å². The van der Waals surface area contributed by atoms with Crippen molar-refractivity contribution >= 4 is 17.3 Å². The first-order valence-corrected chi connectivity index (χ1v) is 6.11. The summed E-state index contributed by atoms with van der Waals surface area (Å²) in [5, 5.41) is 8.47. The smallest absolute Gasteiger partial charge is 0.278 e. The van der Waals surface area contributed by atoms with Crippen molar-refractivity contribution < 1.29 is 18.0 Å². The summed E-state index contributed by atoms with van der Waals surface area (Å²) in [6.45, 7) is 3.70. The Morgan fingerprint density at radius 3 is 2.52 bits per heavy atom. The fourth-order valence-electron chi connectivity index (χ4n) is 1.78. The van der Waals surface area contributed by atoms with Crippen LogP contribution in [0.15, 0.2) is 12.1 Å². The second kappa shape index (κ2) is 5.47. The molecule has 0 atom stereocenters. The highest BCUT2D eigenvalue weighted by molar-refractivity contribution is 6.06. The third-order valence-electron chi connectivity index (χ3n) is 2.91. The predicted octanol–water partition coefficient (Wildman–Crippen LogP) is 2.78. The van der Waals surface area contributed by atoms with E-state index in [4.69, 9.17) is 5.73 Å². The Morgan fingerprint density at radius 1 is 1.29 bits per heavy atom. The van der Waals surface area contributed by atoms with E-state index in [9.17, 15) is 18.0 Å². The van der Waals surface area contributed by atoms with Crippen LogP contribution in [-0.4, -0.2) is 16.1 Å². The third kappa shape index (κ3) is 2.69. The zero-order valence-electron chi connectivity index (χ0n) is 11.3. The molecule has 2 rings (SSSR count). The van der Waals surface area contributed by atoms with Gasteiger partial charge < -0.3 is 11.1 Å². The molecule has 4 N–H and O–H groups in total. The second-order valence-electron chi connectivity index (χ2n) is 4.73. The highest BCUT2D eigenvalue weighted by Gasteiger charge is 2.21. The van der Waals surface area contributed by atoms with Crippen LogP contribution < -0.4 is 11.1 Å². The quantitative estimate of drug-likeness (QED) is 0.762. The first-order valence-electron chi connectivity index (χ1n) is 6.11. The van der Waals surface area contributed by atoms with Crippen molar-refractivity contribution in [2.45, 2.75) is 19.8 Å². The van der Waals surface area contributed by atoms with E-state index < -0.39 is 29.0 Å². The number of H-pyrrole nitrogens is 1. The summed E-state index contributed by atoms with van der Waals surface area (Å²) in [6, 6.07) is 1.62. The first kappa shape index (κ1) is 14.9. The monoisotopic (exact) mass is 298 g/mol. The van der Waals surface area contributed by atoms with Gasteiger partial charge in [-0.05, 0) is 18.1 Å². The van der Waals surface area contributed by atoms with E-state index in [0.717, 1.165) is 6.07 Å². The summed E-state index contributed by atoms with van der Waals surface area (Å²) in [4.78, 5) is 12.0. The number of carbonyl (C=O) groups is 1. The van der Waals surface area contributed by atoms with E-state index in [-0.39, 0.29) is 17.3 Å². The molecule has 0 bridgehead atoms. The van der Waals surface area contributed by atoms with Gasteiger partial charge in [-0.25, -0.2) is 13.2 Å². The van der Waals surface area contributed by atoms with Crippen LogP contribution in [0, 0.1) is 17.5 Å². The number of hydrogen-bond donors (Lipinski definition) is 3. The SMILES string of the molecule is CC(C)c1[nH]nc(C(=O)Nc2ccc(F)c(F)c2F)c1N. The fraction of sp³-hybridized carbons (Fsp3) is 0.231. The molecule has 8 heteroatoms. The topological polar surface area (TPSA) is 83.8 Å². The van der Waals surface area contributed by atoms with Crippen molar-refractivity contribution in [1.82, 2.24) is 10.2 Å². The molecule has 1 aromatic carbocycles. The van der Waals surface area contributed by atoms with Gasteiger partial charge in [0.25, 0.3) is 5.91 Å². The Bertz CT molecular complexity index is 697. The van der Waals surface area contributed by atoms with Gasteiger partial charge in [0.1, 0.15) is 0 Å². The molecule has 112 valence electrons. The number of nitrogens with two attached hydrogens (primary N) is 1. The number of halogens is 3. The maximum absolute atomic E-state index is 13.5. The lowest BCUT2D eigenvalue weighted by Crippen LogP contribution is -2.16. The number of anilines is 2. The van der Waals surface area contributed by atoms with E-state index in [2.05, 4.69) is 15.5 Å². The minimum Gasteiger partial charge on any atom is -0.395 e. The van der Waals surface area contributed by atoms with Gasteiger partial charge in [-0.1, -0.05) is 13.8 Å². The molecule has 1 heterocycles. The molecule has 0 unspecified atom stereocenters. The maximum atomic E-state index is 13.5. The Balaban J connectivity index is 2.29. The van der Waals surface area contributed by atoms with Gasteiger partial charge in [-0.2, -0.15) is 5.10 Å². The van der Waals surface area contributed by atoms with Crippen LogP contribution in [0.2, 0.25) is 0 Å². The molecule has 0 aliphatic heterocycles. The minimum absolute atomic E-state index is 0.0130. The number of hydrogen-bond acceptors (Lipinski definition) is 3. The van der Waals surface area contributed by atoms with Gasteiger partial charge in [-0.15, -0.1) is 0 Å². The van der Waals surface area contributed by atoms with Gasteiger partial charge in [0.15, 0.2) is 23.1 Å². The summed E-state index contributed by atoms with van der Waals surface area (Å²) in [5.41, 5.74) is 5.83. The van der Waals surface area contributed by atoms with Crippen molar-refractivity contribution in [2.75, 3.05) is 11.1 Å². The molecule has 0 aliphatic carbocycles. The average molecular weight is 298 g/mol. The number of amides is 1. The zero-order valence-corrected chi connectivity index (χ0v) is 11.3. The summed E-state index contributed by atoms with van der Waals surface area (Å²) in [7, 11) is 0. The van der Waals surface area contributed by atoms with Crippen LogP contribution in [0.4, 0.5) is 24.5 Å². The van der Waals surface area contributed by atoms with Gasteiger partial charge in [0.05, 0.1) is 17.1 Å². The summed E-state index contributed by atoms with van der Waals surface area (Å²) < 4.78 is 39.4. The van der Waals surface area contributed by atoms with Crippen LogP contribution in [0.1, 0.15) is 35.9 Å². The summed E-state index contributed by atoms with van der Waals surface area (Å²) in [5.74, 6) is -5.29. The molecule has 0 radical (unpaired) electrons. The molecule has 0 fully saturated rings. The number of carbonyl (C=O) groups excluding carboxylic acids is 1. The van der Waals surface area contributed by atoms with E-state index in [1.165, 1.54) is 0 Å². The Labute approximate surface area is 118 Å². The largest absolute Gasteiger partial charge is 0.395 e.